The summed E-state index contributed by atoms with van der Waals surface area (Å²) in [5, 5.41) is 10.6. The highest BCUT2D eigenvalue weighted by Crippen LogP contribution is 2.08. The molecule has 80 valence electrons. The van der Waals surface area contributed by atoms with Gasteiger partial charge in [-0.1, -0.05) is 0 Å². The van der Waals surface area contributed by atoms with Gasteiger partial charge in [-0.25, -0.2) is 0 Å². The molecule has 2 heterocycles. The lowest BCUT2D eigenvalue weighted by atomic mass is 10.2. The van der Waals surface area contributed by atoms with Gasteiger partial charge in [-0.15, -0.1) is 0 Å². The molecule has 0 radical (unpaired) electrons. The highest BCUT2D eigenvalue weighted by molar-refractivity contribution is 5.94. The first kappa shape index (κ1) is 10.0. The fourth-order valence-electron chi connectivity index (χ4n) is 1.73. The van der Waals surface area contributed by atoms with Crippen LogP contribution >= 0.6 is 0 Å². The molecule has 5 nitrogen and oxygen atoms in total. The van der Waals surface area contributed by atoms with E-state index in [9.17, 15) is 4.79 Å². The third kappa shape index (κ3) is 2.12. The predicted molar refractivity (Wildman–Crippen MR) is 55.4 cm³/mol. The molecule has 1 aliphatic heterocycles. The third-order valence-corrected chi connectivity index (χ3v) is 2.59. The van der Waals surface area contributed by atoms with Crippen molar-refractivity contribution in [2.24, 2.45) is 0 Å². The molecule has 1 amide bonds. The maximum Gasteiger partial charge on any atom is 0.255 e. The van der Waals surface area contributed by atoms with Crippen LogP contribution in [0.25, 0.3) is 0 Å². The minimum absolute atomic E-state index is 0.0406. The van der Waals surface area contributed by atoms with Gasteiger partial charge in [0.1, 0.15) is 0 Å². The maximum atomic E-state index is 12.0. The first-order valence-corrected chi connectivity index (χ1v) is 5.07. The average molecular weight is 206 g/mol. The molecular weight excluding hydrogens is 192 g/mol. The summed E-state index contributed by atoms with van der Waals surface area (Å²) in [5.41, 5.74) is 0.610. The van der Waals surface area contributed by atoms with E-state index >= 15 is 0 Å². The topological polar surface area (TPSA) is 58.1 Å². The normalized spacial score (nSPS) is 21.4. The average Bonchev–Trinajstić information content (AvgIpc) is 2.30. The molecule has 1 aliphatic rings. The number of piperazine rings is 1. The number of carbonyl (C=O) groups excluding carboxylic acids is 1. The Bertz CT molecular complexity index is 341. The van der Waals surface area contributed by atoms with Crippen LogP contribution in [0.5, 0.6) is 0 Å². The van der Waals surface area contributed by atoms with E-state index in [2.05, 4.69) is 15.5 Å². The van der Waals surface area contributed by atoms with Crippen LogP contribution in [0, 0.1) is 0 Å². The highest BCUT2D eigenvalue weighted by atomic mass is 16.2. The molecule has 0 unspecified atom stereocenters. The highest BCUT2D eigenvalue weighted by Gasteiger charge is 2.23. The Morgan fingerprint density at radius 2 is 2.47 bits per heavy atom. The predicted octanol–water partition coefficient (Wildman–Crippen LogP) is -0.0895. The molecule has 0 saturated carbocycles. The van der Waals surface area contributed by atoms with Gasteiger partial charge in [-0.05, 0) is 13.0 Å². The van der Waals surface area contributed by atoms with Crippen LogP contribution in [0.2, 0.25) is 0 Å². The fourth-order valence-corrected chi connectivity index (χ4v) is 1.73. The number of hydrogen-bond donors (Lipinski definition) is 1. The number of hydrogen-bond acceptors (Lipinski definition) is 4. The van der Waals surface area contributed by atoms with Crippen LogP contribution in [0.15, 0.2) is 18.5 Å². The zero-order valence-corrected chi connectivity index (χ0v) is 8.68. The second-order valence-electron chi connectivity index (χ2n) is 3.68. The van der Waals surface area contributed by atoms with E-state index in [0.717, 1.165) is 19.6 Å². The molecule has 0 aromatic carbocycles. The molecule has 1 aromatic heterocycles. The van der Waals surface area contributed by atoms with Crippen LogP contribution in [-0.4, -0.2) is 46.7 Å². The monoisotopic (exact) mass is 206 g/mol. The van der Waals surface area contributed by atoms with E-state index < -0.39 is 0 Å². The number of nitrogens with one attached hydrogen (secondary N) is 1. The van der Waals surface area contributed by atoms with E-state index in [1.54, 1.807) is 12.3 Å². The summed E-state index contributed by atoms with van der Waals surface area (Å²) in [7, 11) is 0. The fraction of sp³-hybridized carbons (Fsp3) is 0.500. The summed E-state index contributed by atoms with van der Waals surface area (Å²) >= 11 is 0. The van der Waals surface area contributed by atoms with Crippen molar-refractivity contribution < 1.29 is 4.79 Å². The van der Waals surface area contributed by atoms with Crippen LogP contribution in [-0.2, 0) is 0 Å². The van der Waals surface area contributed by atoms with Crippen LogP contribution in [0.3, 0.4) is 0 Å². The first-order valence-electron chi connectivity index (χ1n) is 5.07. The van der Waals surface area contributed by atoms with Gasteiger partial charge < -0.3 is 10.2 Å². The van der Waals surface area contributed by atoms with E-state index in [1.165, 1.54) is 6.20 Å². The second-order valence-corrected chi connectivity index (χ2v) is 3.68. The summed E-state index contributed by atoms with van der Waals surface area (Å²) in [5.74, 6) is 0.0406. The Balaban J connectivity index is 2.13. The van der Waals surface area contributed by atoms with Gasteiger partial charge in [0, 0.05) is 25.7 Å². The van der Waals surface area contributed by atoms with Crippen molar-refractivity contribution >= 4 is 5.91 Å². The van der Waals surface area contributed by atoms with Crippen LogP contribution < -0.4 is 5.32 Å². The van der Waals surface area contributed by atoms with Gasteiger partial charge in [0.25, 0.3) is 5.91 Å². The van der Waals surface area contributed by atoms with Crippen molar-refractivity contribution in [2.45, 2.75) is 13.0 Å². The standard InChI is InChI=1S/C10H14N4O/c1-8-6-11-4-5-14(8)10(15)9-2-3-12-13-7-9/h2-3,7-8,11H,4-6H2,1H3/t8-/m0/s1. The van der Waals surface area contributed by atoms with Gasteiger partial charge in [0.15, 0.2) is 0 Å². The molecule has 0 aliphatic carbocycles. The summed E-state index contributed by atoms with van der Waals surface area (Å²) in [6, 6.07) is 1.93. The van der Waals surface area contributed by atoms with Crippen LogP contribution in [0.1, 0.15) is 17.3 Å². The Kier molecular flexibility index (Phi) is 2.91. The van der Waals surface area contributed by atoms with Gasteiger partial charge in [-0.2, -0.15) is 10.2 Å². The largest absolute Gasteiger partial charge is 0.333 e. The van der Waals surface area contributed by atoms with Crippen molar-refractivity contribution in [3.63, 3.8) is 0 Å². The molecule has 1 N–H and O–H groups in total. The lowest BCUT2D eigenvalue weighted by molar-refractivity contribution is 0.0655. The lowest BCUT2D eigenvalue weighted by Crippen LogP contribution is -2.52. The number of amides is 1. The van der Waals surface area contributed by atoms with E-state index in [-0.39, 0.29) is 11.9 Å². The molecule has 15 heavy (non-hydrogen) atoms. The van der Waals surface area contributed by atoms with Crippen LogP contribution in [0.4, 0.5) is 0 Å². The summed E-state index contributed by atoms with van der Waals surface area (Å²) in [6.07, 6.45) is 3.05. The lowest BCUT2D eigenvalue weighted by Gasteiger charge is -2.33. The third-order valence-electron chi connectivity index (χ3n) is 2.59. The van der Waals surface area contributed by atoms with E-state index in [0.29, 0.717) is 5.56 Å². The molecule has 1 saturated heterocycles. The van der Waals surface area contributed by atoms with Gasteiger partial charge >= 0.3 is 0 Å². The smallest absolute Gasteiger partial charge is 0.255 e. The van der Waals surface area contributed by atoms with Gasteiger partial charge in [0.05, 0.1) is 18.0 Å². The minimum atomic E-state index is 0.0406. The molecule has 0 bridgehead atoms. The Hall–Kier alpha value is -1.49. The number of aromatic nitrogens is 2. The molecule has 2 rings (SSSR count). The SMILES string of the molecule is C[C@H]1CNCCN1C(=O)c1ccnnc1. The molecule has 1 fully saturated rings. The second kappa shape index (κ2) is 4.35. The quantitative estimate of drug-likeness (QED) is 0.697. The maximum absolute atomic E-state index is 12.0. The van der Waals surface area contributed by atoms with Crippen molar-refractivity contribution in [1.29, 1.82) is 0 Å². The molecule has 1 atom stereocenters. The summed E-state index contributed by atoms with van der Waals surface area (Å²) in [4.78, 5) is 13.9. The van der Waals surface area contributed by atoms with Gasteiger partial charge in [0.2, 0.25) is 0 Å². The molecule has 5 heteroatoms. The Labute approximate surface area is 88.5 Å². The molecule has 0 spiro atoms. The van der Waals surface area contributed by atoms with Crippen molar-refractivity contribution in [3.05, 3.63) is 24.0 Å². The van der Waals surface area contributed by atoms with Crippen molar-refractivity contribution in [3.8, 4) is 0 Å². The summed E-state index contributed by atoms with van der Waals surface area (Å²) in [6.45, 7) is 4.50. The van der Waals surface area contributed by atoms with E-state index in [4.69, 9.17) is 0 Å². The minimum Gasteiger partial charge on any atom is -0.333 e. The van der Waals surface area contributed by atoms with Crippen molar-refractivity contribution in [1.82, 2.24) is 20.4 Å². The number of rotatable bonds is 1. The van der Waals surface area contributed by atoms with E-state index in [1.807, 2.05) is 11.8 Å². The van der Waals surface area contributed by atoms with Gasteiger partial charge in [-0.3, -0.25) is 4.79 Å². The summed E-state index contributed by atoms with van der Waals surface area (Å²) < 4.78 is 0. The zero-order chi connectivity index (χ0) is 10.7. The Morgan fingerprint density at radius 1 is 1.60 bits per heavy atom. The molecule has 1 aromatic rings. The number of carbonyl (C=O) groups is 1. The van der Waals surface area contributed by atoms with Crippen molar-refractivity contribution in [2.75, 3.05) is 19.6 Å². The Morgan fingerprint density at radius 3 is 3.13 bits per heavy atom. The zero-order valence-electron chi connectivity index (χ0n) is 8.68. The first-order chi connectivity index (χ1) is 7.29. The number of nitrogens with zero attached hydrogens (tertiary/aromatic N) is 3. The molecular formula is C10H14N4O.